The maximum atomic E-state index is 9.73. The standard InChI is InChI=1S/C9H12O/c10-9-7-3-1-4(3)8(9)6-2-5(6)7/h3-10H,1-2H2/t3-,4+,5+,6-,7?,8?,9?. The summed E-state index contributed by atoms with van der Waals surface area (Å²) in [5.74, 6) is 5.51. The predicted molar refractivity (Wildman–Crippen MR) is 36.2 cm³/mol. The first-order chi connectivity index (χ1) is 4.88. The highest BCUT2D eigenvalue weighted by Crippen LogP contribution is 2.77. The van der Waals surface area contributed by atoms with Crippen LogP contribution in [-0.2, 0) is 0 Å². The van der Waals surface area contributed by atoms with Crippen molar-refractivity contribution in [2.45, 2.75) is 18.9 Å². The van der Waals surface area contributed by atoms with Crippen molar-refractivity contribution in [3.8, 4) is 0 Å². The monoisotopic (exact) mass is 136 g/mol. The molecule has 0 aromatic carbocycles. The molecule has 0 saturated heterocycles. The maximum absolute atomic E-state index is 9.73. The molecule has 0 radical (unpaired) electrons. The Labute approximate surface area is 60.4 Å². The summed E-state index contributed by atoms with van der Waals surface area (Å²) < 4.78 is 0. The summed E-state index contributed by atoms with van der Waals surface area (Å²) >= 11 is 0. The highest BCUT2D eigenvalue weighted by atomic mass is 16.3. The van der Waals surface area contributed by atoms with Crippen LogP contribution in [0.15, 0.2) is 0 Å². The Hall–Kier alpha value is -0.0400. The highest BCUT2D eigenvalue weighted by Gasteiger charge is 2.74. The molecular weight excluding hydrogens is 124 g/mol. The molecule has 6 atom stereocenters. The van der Waals surface area contributed by atoms with E-state index in [-0.39, 0.29) is 6.10 Å². The van der Waals surface area contributed by atoms with Crippen LogP contribution in [0.2, 0.25) is 0 Å². The molecule has 4 saturated carbocycles. The van der Waals surface area contributed by atoms with Gasteiger partial charge in [-0.3, -0.25) is 0 Å². The first-order valence-electron chi connectivity index (χ1n) is 4.56. The van der Waals surface area contributed by atoms with E-state index in [0.717, 1.165) is 35.5 Å². The average Bonchev–Trinajstić information content (AvgIpc) is 2.71. The van der Waals surface area contributed by atoms with Crippen LogP contribution in [0.1, 0.15) is 12.8 Å². The fourth-order valence-corrected chi connectivity index (χ4v) is 4.15. The van der Waals surface area contributed by atoms with Gasteiger partial charge >= 0.3 is 0 Å². The lowest BCUT2D eigenvalue weighted by Gasteiger charge is -2.15. The SMILES string of the molecule is OC1C2[C@H]3C[C@H]3C1[C@H]1C[C@@H]21. The minimum Gasteiger partial charge on any atom is -0.393 e. The lowest BCUT2D eigenvalue weighted by Crippen LogP contribution is -2.20. The van der Waals surface area contributed by atoms with Crippen LogP contribution in [0.5, 0.6) is 0 Å². The maximum Gasteiger partial charge on any atom is 0.0607 e. The van der Waals surface area contributed by atoms with E-state index >= 15 is 0 Å². The largest absolute Gasteiger partial charge is 0.393 e. The van der Waals surface area contributed by atoms with Gasteiger partial charge in [0, 0.05) is 0 Å². The number of rotatable bonds is 0. The Balaban J connectivity index is 1.88. The lowest BCUT2D eigenvalue weighted by molar-refractivity contribution is 0.0874. The molecule has 1 heteroatoms. The van der Waals surface area contributed by atoms with Crippen molar-refractivity contribution in [3.63, 3.8) is 0 Å². The molecule has 10 heavy (non-hydrogen) atoms. The first-order valence-corrected chi connectivity index (χ1v) is 4.56. The minimum absolute atomic E-state index is 0.146. The summed E-state index contributed by atoms with van der Waals surface area (Å²) in [4.78, 5) is 0. The van der Waals surface area contributed by atoms with Gasteiger partial charge in [0.25, 0.3) is 0 Å². The molecule has 2 bridgehead atoms. The van der Waals surface area contributed by atoms with Gasteiger partial charge in [0.15, 0.2) is 0 Å². The normalized spacial score (nSPS) is 80.7. The van der Waals surface area contributed by atoms with Crippen molar-refractivity contribution in [2.24, 2.45) is 35.5 Å². The van der Waals surface area contributed by atoms with Crippen LogP contribution >= 0.6 is 0 Å². The summed E-state index contributed by atoms with van der Waals surface area (Å²) in [7, 11) is 0. The second-order valence-corrected chi connectivity index (χ2v) is 4.77. The Bertz CT molecular complexity index is 175. The van der Waals surface area contributed by atoms with Gasteiger partial charge in [-0.25, -0.2) is 0 Å². The molecule has 4 aliphatic rings. The summed E-state index contributed by atoms with van der Waals surface area (Å²) in [6.45, 7) is 0. The molecule has 1 nitrogen and oxygen atoms in total. The van der Waals surface area contributed by atoms with E-state index in [9.17, 15) is 5.11 Å². The molecule has 4 fully saturated rings. The zero-order valence-corrected chi connectivity index (χ0v) is 5.90. The van der Waals surface area contributed by atoms with Gasteiger partial charge in [-0.05, 0) is 48.3 Å². The minimum atomic E-state index is 0.146. The third kappa shape index (κ3) is 0.298. The van der Waals surface area contributed by atoms with Crippen LogP contribution in [0, 0.1) is 35.5 Å². The van der Waals surface area contributed by atoms with E-state index in [2.05, 4.69) is 0 Å². The van der Waals surface area contributed by atoms with Gasteiger partial charge in [-0.2, -0.15) is 0 Å². The third-order valence-electron chi connectivity index (χ3n) is 4.55. The zero-order valence-electron chi connectivity index (χ0n) is 5.90. The van der Waals surface area contributed by atoms with Crippen LogP contribution in [0.3, 0.4) is 0 Å². The smallest absolute Gasteiger partial charge is 0.0607 e. The van der Waals surface area contributed by atoms with Crippen LogP contribution in [-0.4, -0.2) is 11.2 Å². The number of fused-ring (bicyclic) bond motifs is 8. The zero-order chi connectivity index (χ0) is 6.46. The number of hydrogen-bond donors (Lipinski definition) is 1. The van der Waals surface area contributed by atoms with Crippen molar-refractivity contribution < 1.29 is 5.11 Å². The Kier molecular flexibility index (Phi) is 0.513. The Morgan fingerprint density at radius 2 is 1.20 bits per heavy atom. The number of aliphatic hydroxyl groups excluding tert-OH is 1. The number of hydrogen-bond acceptors (Lipinski definition) is 1. The van der Waals surface area contributed by atoms with E-state index in [1.165, 1.54) is 12.8 Å². The van der Waals surface area contributed by atoms with Crippen LogP contribution in [0.4, 0.5) is 0 Å². The van der Waals surface area contributed by atoms with E-state index < -0.39 is 0 Å². The van der Waals surface area contributed by atoms with E-state index in [4.69, 9.17) is 0 Å². The molecule has 0 aromatic heterocycles. The molecular formula is C9H12O. The lowest BCUT2D eigenvalue weighted by atomic mass is 9.97. The van der Waals surface area contributed by atoms with Crippen molar-refractivity contribution in [1.82, 2.24) is 0 Å². The second-order valence-electron chi connectivity index (χ2n) is 4.77. The number of aliphatic hydroxyl groups is 1. The molecule has 54 valence electrons. The molecule has 1 N–H and O–H groups in total. The van der Waals surface area contributed by atoms with Crippen LogP contribution < -0.4 is 0 Å². The molecule has 0 aromatic rings. The predicted octanol–water partition coefficient (Wildman–Crippen LogP) is 0.879. The second kappa shape index (κ2) is 1.08. The molecule has 4 aliphatic carbocycles. The van der Waals surface area contributed by atoms with E-state index in [1.807, 2.05) is 0 Å². The third-order valence-corrected chi connectivity index (χ3v) is 4.55. The van der Waals surface area contributed by atoms with E-state index in [1.54, 1.807) is 0 Å². The average molecular weight is 136 g/mol. The Morgan fingerprint density at radius 1 is 0.800 bits per heavy atom. The first kappa shape index (κ1) is 4.76. The van der Waals surface area contributed by atoms with Crippen LogP contribution in [0.25, 0.3) is 0 Å². The summed E-state index contributed by atoms with van der Waals surface area (Å²) in [6, 6.07) is 0. The summed E-state index contributed by atoms with van der Waals surface area (Å²) in [5, 5.41) is 9.73. The fourth-order valence-electron chi connectivity index (χ4n) is 4.15. The van der Waals surface area contributed by atoms with Gasteiger partial charge < -0.3 is 5.11 Å². The molecule has 0 spiro atoms. The van der Waals surface area contributed by atoms with Gasteiger partial charge in [-0.1, -0.05) is 0 Å². The summed E-state index contributed by atoms with van der Waals surface area (Å²) in [5.41, 5.74) is 0. The molecule has 0 aliphatic heterocycles. The van der Waals surface area contributed by atoms with Crippen molar-refractivity contribution >= 4 is 0 Å². The molecule has 4 rings (SSSR count). The van der Waals surface area contributed by atoms with Gasteiger partial charge in [0.1, 0.15) is 0 Å². The van der Waals surface area contributed by atoms with Crippen molar-refractivity contribution in [3.05, 3.63) is 0 Å². The van der Waals surface area contributed by atoms with E-state index in [0.29, 0.717) is 0 Å². The molecule has 0 heterocycles. The van der Waals surface area contributed by atoms with Crippen molar-refractivity contribution in [2.75, 3.05) is 0 Å². The topological polar surface area (TPSA) is 20.2 Å². The highest BCUT2D eigenvalue weighted by molar-refractivity contribution is 5.23. The molecule has 2 unspecified atom stereocenters. The quantitative estimate of drug-likeness (QED) is 0.524. The summed E-state index contributed by atoms with van der Waals surface area (Å²) in [6.07, 6.45) is 3.09. The van der Waals surface area contributed by atoms with Gasteiger partial charge in [-0.15, -0.1) is 0 Å². The van der Waals surface area contributed by atoms with Gasteiger partial charge in [0.2, 0.25) is 0 Å². The fraction of sp³-hybridized carbons (Fsp3) is 1.00. The van der Waals surface area contributed by atoms with Crippen molar-refractivity contribution in [1.29, 1.82) is 0 Å². The van der Waals surface area contributed by atoms with Gasteiger partial charge in [0.05, 0.1) is 6.10 Å². The Morgan fingerprint density at radius 3 is 1.50 bits per heavy atom. The molecule has 0 amide bonds.